The lowest BCUT2D eigenvalue weighted by Crippen LogP contribution is -2.23. The van der Waals surface area contributed by atoms with E-state index in [0.29, 0.717) is 17.3 Å². The summed E-state index contributed by atoms with van der Waals surface area (Å²) < 4.78 is 5.01. The molecule has 16 heavy (non-hydrogen) atoms. The molecule has 0 aliphatic heterocycles. The maximum atomic E-state index is 11.1. The minimum Gasteiger partial charge on any atom is -0.495 e. The molecule has 5 heteroatoms. The number of methoxy groups -OCH3 is 1. The van der Waals surface area contributed by atoms with Crippen LogP contribution in [0.1, 0.15) is 12.0 Å². The number of halogens is 1. The van der Waals surface area contributed by atoms with Gasteiger partial charge >= 0.3 is 0 Å². The van der Waals surface area contributed by atoms with Crippen molar-refractivity contribution >= 4 is 17.5 Å². The second kappa shape index (κ2) is 6.35. The molecule has 0 aliphatic rings. The van der Waals surface area contributed by atoms with Crippen LogP contribution in [-0.4, -0.2) is 24.7 Å². The molecule has 2 N–H and O–H groups in total. The summed E-state index contributed by atoms with van der Waals surface area (Å²) in [6.45, 7) is 0.248. The quantitative estimate of drug-likeness (QED) is 0.821. The lowest BCUT2D eigenvalue weighted by Gasteiger charge is -2.07. The number of carbonyl (C=O) groups is 1. The van der Waals surface area contributed by atoms with Crippen LogP contribution in [0.3, 0.4) is 0 Å². The number of ether oxygens (including phenoxy) is 1. The standard InChI is InChI=1S/C11H14ClNO3/c1-16-10-3-2-8(6-9(10)12)7-13-11(15)4-5-14/h2-3,6,14H,4-5,7H2,1H3,(H,13,15). The number of carbonyl (C=O) groups excluding carboxylic acids is 1. The molecule has 0 aromatic heterocycles. The van der Waals surface area contributed by atoms with Crippen molar-refractivity contribution in [3.8, 4) is 5.75 Å². The van der Waals surface area contributed by atoms with Gasteiger partial charge in [0.05, 0.1) is 18.7 Å². The van der Waals surface area contributed by atoms with Crippen LogP contribution >= 0.6 is 11.6 Å². The van der Waals surface area contributed by atoms with Gasteiger partial charge in [0.2, 0.25) is 5.91 Å². The Labute approximate surface area is 99.2 Å². The fraction of sp³-hybridized carbons (Fsp3) is 0.364. The van der Waals surface area contributed by atoms with Gasteiger partial charge in [0.1, 0.15) is 5.75 Å². The van der Waals surface area contributed by atoms with Gasteiger partial charge in [-0.15, -0.1) is 0 Å². The van der Waals surface area contributed by atoms with Crippen LogP contribution in [0.25, 0.3) is 0 Å². The van der Waals surface area contributed by atoms with E-state index in [-0.39, 0.29) is 18.9 Å². The highest BCUT2D eigenvalue weighted by Crippen LogP contribution is 2.24. The molecule has 88 valence electrons. The van der Waals surface area contributed by atoms with Gasteiger partial charge < -0.3 is 15.2 Å². The summed E-state index contributed by atoms with van der Waals surface area (Å²) >= 11 is 5.93. The fourth-order valence-electron chi connectivity index (χ4n) is 1.21. The highest BCUT2D eigenvalue weighted by molar-refractivity contribution is 6.32. The predicted molar refractivity (Wildman–Crippen MR) is 61.6 cm³/mol. The molecule has 0 unspecified atom stereocenters. The molecule has 0 fully saturated rings. The number of aliphatic hydroxyl groups is 1. The van der Waals surface area contributed by atoms with Crippen molar-refractivity contribution in [3.63, 3.8) is 0 Å². The van der Waals surface area contributed by atoms with Gasteiger partial charge in [0, 0.05) is 13.0 Å². The van der Waals surface area contributed by atoms with E-state index in [1.165, 1.54) is 0 Å². The second-order valence-corrected chi connectivity index (χ2v) is 3.63. The Balaban J connectivity index is 2.55. The molecule has 0 atom stereocenters. The molecule has 0 saturated carbocycles. The monoisotopic (exact) mass is 243 g/mol. The molecule has 0 saturated heterocycles. The molecule has 4 nitrogen and oxygen atoms in total. The first-order chi connectivity index (χ1) is 7.67. The Morgan fingerprint density at radius 1 is 1.56 bits per heavy atom. The van der Waals surface area contributed by atoms with Crippen LogP contribution in [0.5, 0.6) is 5.75 Å². The van der Waals surface area contributed by atoms with E-state index < -0.39 is 0 Å². The topological polar surface area (TPSA) is 58.6 Å². The van der Waals surface area contributed by atoms with Crippen molar-refractivity contribution in [3.05, 3.63) is 28.8 Å². The van der Waals surface area contributed by atoms with Crippen LogP contribution in [0.15, 0.2) is 18.2 Å². The fourth-order valence-corrected chi connectivity index (χ4v) is 1.49. The summed E-state index contributed by atoms with van der Waals surface area (Å²) in [5.74, 6) is 0.418. The first-order valence-electron chi connectivity index (χ1n) is 4.87. The zero-order valence-corrected chi connectivity index (χ0v) is 9.75. The summed E-state index contributed by atoms with van der Waals surface area (Å²) in [7, 11) is 1.55. The van der Waals surface area contributed by atoms with Gasteiger partial charge in [0.15, 0.2) is 0 Å². The van der Waals surface area contributed by atoms with E-state index >= 15 is 0 Å². The number of rotatable bonds is 5. The normalized spacial score (nSPS) is 9.94. The van der Waals surface area contributed by atoms with Crippen molar-refractivity contribution in [1.29, 1.82) is 0 Å². The van der Waals surface area contributed by atoms with Crippen molar-refractivity contribution in [2.45, 2.75) is 13.0 Å². The Morgan fingerprint density at radius 3 is 2.88 bits per heavy atom. The summed E-state index contributed by atoms with van der Waals surface area (Å²) in [6, 6.07) is 5.30. The number of benzene rings is 1. The lowest BCUT2D eigenvalue weighted by atomic mass is 10.2. The van der Waals surface area contributed by atoms with Crippen LogP contribution in [0.4, 0.5) is 0 Å². The highest BCUT2D eigenvalue weighted by atomic mass is 35.5. The predicted octanol–water partition coefficient (Wildman–Crippen LogP) is 1.35. The minimum atomic E-state index is -0.186. The molecule has 1 aromatic rings. The van der Waals surface area contributed by atoms with Gasteiger partial charge in [-0.1, -0.05) is 17.7 Å². The smallest absolute Gasteiger partial charge is 0.222 e. The van der Waals surface area contributed by atoms with Crippen LogP contribution in [0.2, 0.25) is 5.02 Å². The van der Waals surface area contributed by atoms with Crippen molar-refractivity contribution in [2.24, 2.45) is 0 Å². The summed E-state index contributed by atoms with van der Waals surface area (Å²) in [6.07, 6.45) is 0.115. The molecule has 1 aromatic carbocycles. The van der Waals surface area contributed by atoms with Crippen molar-refractivity contribution in [2.75, 3.05) is 13.7 Å². The molecule has 0 spiro atoms. The van der Waals surface area contributed by atoms with Gasteiger partial charge in [-0.05, 0) is 17.7 Å². The van der Waals surface area contributed by atoms with Crippen LogP contribution in [0, 0.1) is 0 Å². The Kier molecular flexibility index (Phi) is 5.08. The summed E-state index contributed by atoms with van der Waals surface area (Å²) in [4.78, 5) is 11.1. The first kappa shape index (κ1) is 12.8. The molecule has 0 bridgehead atoms. The Hall–Kier alpha value is -1.26. The maximum absolute atomic E-state index is 11.1. The first-order valence-corrected chi connectivity index (χ1v) is 5.25. The number of aliphatic hydroxyl groups excluding tert-OH is 1. The Bertz CT molecular complexity index is 368. The molecule has 1 rings (SSSR count). The van der Waals surface area contributed by atoms with Crippen LogP contribution in [-0.2, 0) is 11.3 Å². The third kappa shape index (κ3) is 3.72. The zero-order valence-electron chi connectivity index (χ0n) is 9.00. The van der Waals surface area contributed by atoms with Crippen LogP contribution < -0.4 is 10.1 Å². The molecule has 1 amide bonds. The van der Waals surface area contributed by atoms with Crippen molar-refractivity contribution < 1.29 is 14.6 Å². The van der Waals surface area contributed by atoms with Gasteiger partial charge in [-0.2, -0.15) is 0 Å². The lowest BCUT2D eigenvalue weighted by molar-refractivity contribution is -0.121. The summed E-state index contributed by atoms with van der Waals surface area (Å²) in [5, 5.41) is 11.7. The zero-order chi connectivity index (χ0) is 12.0. The Morgan fingerprint density at radius 2 is 2.31 bits per heavy atom. The van der Waals surface area contributed by atoms with E-state index in [4.69, 9.17) is 21.4 Å². The maximum Gasteiger partial charge on any atom is 0.222 e. The molecular weight excluding hydrogens is 230 g/mol. The SMILES string of the molecule is COc1ccc(CNC(=O)CCO)cc1Cl. The third-order valence-corrected chi connectivity index (χ3v) is 2.34. The number of hydrogen-bond donors (Lipinski definition) is 2. The average molecular weight is 244 g/mol. The molecule has 0 heterocycles. The van der Waals surface area contributed by atoms with E-state index in [9.17, 15) is 4.79 Å². The van der Waals surface area contributed by atoms with Gasteiger partial charge in [0.25, 0.3) is 0 Å². The second-order valence-electron chi connectivity index (χ2n) is 3.22. The number of hydrogen-bond acceptors (Lipinski definition) is 3. The van der Waals surface area contributed by atoms with Gasteiger partial charge in [-0.3, -0.25) is 4.79 Å². The van der Waals surface area contributed by atoms with E-state index in [2.05, 4.69) is 5.32 Å². The minimum absolute atomic E-state index is 0.115. The third-order valence-electron chi connectivity index (χ3n) is 2.04. The summed E-state index contributed by atoms with van der Waals surface area (Å²) in [5.41, 5.74) is 0.886. The van der Waals surface area contributed by atoms with E-state index in [1.807, 2.05) is 6.07 Å². The van der Waals surface area contributed by atoms with Crippen molar-refractivity contribution in [1.82, 2.24) is 5.32 Å². The average Bonchev–Trinajstić information content (AvgIpc) is 2.27. The molecule has 0 radical (unpaired) electrons. The number of amides is 1. The number of nitrogens with one attached hydrogen (secondary N) is 1. The van der Waals surface area contributed by atoms with E-state index in [1.54, 1.807) is 19.2 Å². The van der Waals surface area contributed by atoms with E-state index in [0.717, 1.165) is 5.56 Å². The molecular formula is C11H14ClNO3. The largest absolute Gasteiger partial charge is 0.495 e. The molecule has 0 aliphatic carbocycles. The highest BCUT2D eigenvalue weighted by Gasteiger charge is 2.03. The van der Waals surface area contributed by atoms with Gasteiger partial charge in [-0.25, -0.2) is 0 Å².